The maximum Gasteiger partial charge on any atom is 0.313 e. The molecule has 5 nitrogen and oxygen atoms in total. The number of methoxy groups -OCH3 is 1. The number of ether oxygens (including phenoxy) is 1. The first-order valence-electron chi connectivity index (χ1n) is 8.44. The minimum absolute atomic E-state index is 0.187. The van der Waals surface area contributed by atoms with Crippen molar-refractivity contribution in [1.29, 1.82) is 0 Å². The highest BCUT2D eigenvalue weighted by molar-refractivity contribution is 5.84. The molecule has 0 saturated heterocycles. The molecule has 132 valence electrons. The van der Waals surface area contributed by atoms with Gasteiger partial charge < -0.3 is 9.30 Å². The predicted molar refractivity (Wildman–Crippen MR) is 95.5 cm³/mol. The van der Waals surface area contributed by atoms with Gasteiger partial charge in [0.1, 0.15) is 5.82 Å². The van der Waals surface area contributed by atoms with Crippen molar-refractivity contribution in [2.24, 2.45) is 0 Å². The standard InChI is InChI=1S/C20H17FN2O3/c1-3-15(20(25)26-2)11-8-17-19-13(10-23(17)18(24)9-11)6-12-7-14(21)4-5-16(12)22-19/h4-9,15H,3,10H2,1-2H3. The molecule has 0 N–H and O–H groups in total. The first-order valence-corrected chi connectivity index (χ1v) is 8.44. The molecule has 1 atom stereocenters. The summed E-state index contributed by atoms with van der Waals surface area (Å²) in [5.41, 5.74) is 3.34. The van der Waals surface area contributed by atoms with Gasteiger partial charge in [-0.25, -0.2) is 9.37 Å². The number of carbonyl (C=O) groups is 1. The van der Waals surface area contributed by atoms with Crippen molar-refractivity contribution in [3.63, 3.8) is 0 Å². The molecule has 1 aliphatic rings. The number of carbonyl (C=O) groups excluding carboxylic acids is 1. The van der Waals surface area contributed by atoms with Crippen LogP contribution in [-0.2, 0) is 16.1 Å². The zero-order chi connectivity index (χ0) is 18.4. The van der Waals surface area contributed by atoms with E-state index in [1.54, 1.807) is 10.6 Å². The van der Waals surface area contributed by atoms with Gasteiger partial charge in [-0.1, -0.05) is 6.92 Å². The van der Waals surface area contributed by atoms with E-state index in [2.05, 4.69) is 4.98 Å². The molecule has 2 aromatic heterocycles. The SMILES string of the molecule is CCC(C(=O)OC)c1cc2n(c(=O)c1)Cc1cc3cc(F)ccc3nc1-2. The summed E-state index contributed by atoms with van der Waals surface area (Å²) >= 11 is 0. The molecule has 0 bridgehead atoms. The van der Waals surface area contributed by atoms with Crippen molar-refractivity contribution in [2.45, 2.75) is 25.8 Å². The normalized spacial score (nSPS) is 13.3. The summed E-state index contributed by atoms with van der Waals surface area (Å²) in [5.74, 6) is -1.17. The second-order valence-corrected chi connectivity index (χ2v) is 6.42. The lowest BCUT2D eigenvalue weighted by molar-refractivity contribution is -0.142. The Bertz CT molecular complexity index is 1100. The number of pyridine rings is 2. The molecule has 0 saturated carbocycles. The summed E-state index contributed by atoms with van der Waals surface area (Å²) in [6.07, 6.45) is 0.535. The van der Waals surface area contributed by atoms with Crippen molar-refractivity contribution in [3.8, 4) is 11.4 Å². The van der Waals surface area contributed by atoms with Gasteiger partial charge in [-0.3, -0.25) is 9.59 Å². The van der Waals surface area contributed by atoms with Gasteiger partial charge in [-0.2, -0.15) is 0 Å². The van der Waals surface area contributed by atoms with Crippen LogP contribution < -0.4 is 5.56 Å². The van der Waals surface area contributed by atoms with Crippen LogP contribution in [0.5, 0.6) is 0 Å². The van der Waals surface area contributed by atoms with Gasteiger partial charge in [0, 0.05) is 17.0 Å². The Labute approximate surface area is 149 Å². The quantitative estimate of drug-likeness (QED) is 0.531. The average molecular weight is 352 g/mol. The number of hydrogen-bond acceptors (Lipinski definition) is 4. The van der Waals surface area contributed by atoms with Crippen LogP contribution in [0.4, 0.5) is 4.39 Å². The second kappa shape index (κ2) is 6.05. The molecule has 3 aromatic rings. The van der Waals surface area contributed by atoms with E-state index < -0.39 is 5.92 Å². The number of rotatable bonds is 3. The van der Waals surface area contributed by atoms with E-state index in [-0.39, 0.29) is 17.3 Å². The molecule has 6 heteroatoms. The molecule has 0 amide bonds. The van der Waals surface area contributed by atoms with E-state index in [1.807, 2.05) is 19.1 Å². The van der Waals surface area contributed by atoms with Crippen LogP contribution in [-0.4, -0.2) is 22.6 Å². The molecule has 26 heavy (non-hydrogen) atoms. The monoisotopic (exact) mass is 352 g/mol. The summed E-state index contributed by atoms with van der Waals surface area (Å²) in [6.45, 7) is 2.26. The van der Waals surface area contributed by atoms with Crippen LogP contribution in [0.1, 0.15) is 30.4 Å². The molecule has 0 spiro atoms. The number of esters is 1. The van der Waals surface area contributed by atoms with Crippen LogP contribution >= 0.6 is 0 Å². The third kappa shape index (κ3) is 2.49. The van der Waals surface area contributed by atoms with E-state index >= 15 is 0 Å². The van der Waals surface area contributed by atoms with Crippen LogP contribution in [0.2, 0.25) is 0 Å². The molecule has 4 rings (SSSR count). The number of halogens is 1. The van der Waals surface area contributed by atoms with Gasteiger partial charge in [0.2, 0.25) is 0 Å². The minimum atomic E-state index is -0.489. The number of hydrogen-bond donors (Lipinski definition) is 0. The summed E-state index contributed by atoms with van der Waals surface area (Å²) in [7, 11) is 1.34. The Balaban J connectivity index is 1.90. The van der Waals surface area contributed by atoms with Gasteiger partial charge in [0.15, 0.2) is 0 Å². The van der Waals surface area contributed by atoms with Crippen molar-refractivity contribution in [1.82, 2.24) is 9.55 Å². The zero-order valence-electron chi connectivity index (χ0n) is 14.5. The first-order chi connectivity index (χ1) is 12.5. The molecule has 0 aliphatic carbocycles. The fraction of sp³-hybridized carbons (Fsp3) is 0.250. The van der Waals surface area contributed by atoms with Gasteiger partial charge in [0.25, 0.3) is 5.56 Å². The van der Waals surface area contributed by atoms with Crippen molar-refractivity contribution >= 4 is 16.9 Å². The lowest BCUT2D eigenvalue weighted by Crippen LogP contribution is -2.22. The van der Waals surface area contributed by atoms with Gasteiger partial charge in [-0.05, 0) is 42.3 Å². The zero-order valence-corrected chi connectivity index (χ0v) is 14.5. The van der Waals surface area contributed by atoms with Crippen LogP contribution in [0.15, 0.2) is 41.2 Å². The van der Waals surface area contributed by atoms with Crippen molar-refractivity contribution in [2.75, 3.05) is 7.11 Å². The third-order valence-corrected chi connectivity index (χ3v) is 4.87. The highest BCUT2D eigenvalue weighted by Gasteiger charge is 2.26. The molecular formula is C20H17FN2O3. The molecule has 3 heterocycles. The number of fused-ring (bicyclic) bond motifs is 4. The highest BCUT2D eigenvalue weighted by Crippen LogP contribution is 2.33. The van der Waals surface area contributed by atoms with Gasteiger partial charge in [0.05, 0.1) is 36.5 Å². The largest absolute Gasteiger partial charge is 0.469 e. The van der Waals surface area contributed by atoms with E-state index in [1.165, 1.54) is 25.3 Å². The molecular weight excluding hydrogens is 335 g/mol. The Hall–Kier alpha value is -3.02. The maximum atomic E-state index is 13.5. The molecule has 0 radical (unpaired) electrons. The van der Waals surface area contributed by atoms with E-state index in [0.29, 0.717) is 40.8 Å². The minimum Gasteiger partial charge on any atom is -0.469 e. The number of benzene rings is 1. The van der Waals surface area contributed by atoms with Gasteiger partial charge in [-0.15, -0.1) is 0 Å². The molecule has 1 aromatic carbocycles. The molecule has 1 unspecified atom stereocenters. The van der Waals surface area contributed by atoms with E-state index in [0.717, 1.165) is 5.56 Å². The number of nitrogens with zero attached hydrogens (tertiary/aromatic N) is 2. The topological polar surface area (TPSA) is 61.2 Å². The lowest BCUT2D eigenvalue weighted by Gasteiger charge is -2.14. The molecule has 1 aliphatic heterocycles. The Morgan fingerprint density at radius 2 is 2.12 bits per heavy atom. The first kappa shape index (κ1) is 16.4. The van der Waals surface area contributed by atoms with Crippen LogP contribution in [0.25, 0.3) is 22.3 Å². The smallest absolute Gasteiger partial charge is 0.313 e. The lowest BCUT2D eigenvalue weighted by atomic mass is 9.96. The van der Waals surface area contributed by atoms with E-state index in [4.69, 9.17) is 4.74 Å². The van der Waals surface area contributed by atoms with Crippen molar-refractivity contribution in [3.05, 3.63) is 63.7 Å². The second-order valence-electron chi connectivity index (χ2n) is 6.42. The maximum absolute atomic E-state index is 13.5. The fourth-order valence-corrected chi connectivity index (χ4v) is 3.56. The number of aromatic nitrogens is 2. The van der Waals surface area contributed by atoms with Gasteiger partial charge >= 0.3 is 5.97 Å². The van der Waals surface area contributed by atoms with Crippen molar-refractivity contribution < 1.29 is 13.9 Å². The highest BCUT2D eigenvalue weighted by atomic mass is 19.1. The Morgan fingerprint density at radius 3 is 2.85 bits per heavy atom. The average Bonchev–Trinajstić information content (AvgIpc) is 2.98. The summed E-state index contributed by atoms with van der Waals surface area (Å²) in [6, 6.07) is 9.61. The third-order valence-electron chi connectivity index (χ3n) is 4.87. The molecule has 0 fully saturated rings. The summed E-state index contributed by atoms with van der Waals surface area (Å²) in [4.78, 5) is 29.3. The summed E-state index contributed by atoms with van der Waals surface area (Å²) < 4.78 is 20.0. The van der Waals surface area contributed by atoms with Crippen LogP contribution in [0, 0.1) is 5.82 Å². The summed E-state index contributed by atoms with van der Waals surface area (Å²) in [5, 5.41) is 0.700. The Morgan fingerprint density at radius 1 is 1.31 bits per heavy atom. The van der Waals surface area contributed by atoms with Crippen LogP contribution in [0.3, 0.4) is 0 Å². The predicted octanol–water partition coefficient (Wildman–Crippen LogP) is 3.23. The van der Waals surface area contributed by atoms with E-state index in [9.17, 15) is 14.0 Å². The fourth-order valence-electron chi connectivity index (χ4n) is 3.56. The Kier molecular flexibility index (Phi) is 3.83.